The van der Waals surface area contributed by atoms with Gasteiger partial charge in [-0.3, -0.25) is 4.98 Å². The summed E-state index contributed by atoms with van der Waals surface area (Å²) < 4.78 is 16.9. The van der Waals surface area contributed by atoms with E-state index < -0.39 is 7.14 Å². The maximum Gasteiger partial charge on any atom is 0.188 e. The molecule has 0 bridgehead atoms. The zero-order valence-corrected chi connectivity index (χ0v) is 21.2. The molecule has 6 aromatic rings. The first kappa shape index (κ1) is 23.0. The van der Waals surface area contributed by atoms with Crippen LogP contribution in [0.25, 0.3) is 39.6 Å². The van der Waals surface area contributed by atoms with Crippen LogP contribution in [0.15, 0.2) is 129 Å². The van der Waals surface area contributed by atoms with Crippen molar-refractivity contribution in [2.45, 2.75) is 0 Å². The molecule has 0 atom stereocenters. The molecule has 4 aromatic carbocycles. The van der Waals surface area contributed by atoms with Crippen molar-refractivity contribution in [3.8, 4) is 5.69 Å². The summed E-state index contributed by atoms with van der Waals surface area (Å²) in [5, 5.41) is 3.82. The molecule has 2 aromatic heterocycles. The number of benzene rings is 4. The normalized spacial score (nSPS) is 11.6. The van der Waals surface area contributed by atoms with E-state index in [9.17, 15) is 4.57 Å². The average Bonchev–Trinajstić information content (AvgIpc) is 3.30. The van der Waals surface area contributed by atoms with Crippen molar-refractivity contribution in [3.05, 3.63) is 140 Å². The van der Waals surface area contributed by atoms with E-state index >= 15 is 0 Å². The maximum atomic E-state index is 14.7. The van der Waals surface area contributed by atoms with Gasteiger partial charge in [-0.25, -0.2) is 0 Å². The van der Waals surface area contributed by atoms with Crippen molar-refractivity contribution in [1.82, 2.24) is 9.55 Å². The quantitative estimate of drug-likeness (QED) is 0.231. The number of rotatable bonds is 6. The van der Waals surface area contributed by atoms with Crippen LogP contribution >= 0.6 is 7.14 Å². The Morgan fingerprint density at radius 2 is 1.16 bits per heavy atom. The summed E-state index contributed by atoms with van der Waals surface area (Å²) in [4.78, 5) is 4.82. The minimum atomic E-state index is -3.13. The lowest BCUT2D eigenvalue weighted by atomic mass is 10.1. The van der Waals surface area contributed by atoms with Crippen LogP contribution in [0, 0.1) is 0 Å². The molecule has 0 amide bonds. The van der Waals surface area contributed by atoms with Gasteiger partial charge in [0, 0.05) is 21.4 Å². The van der Waals surface area contributed by atoms with Crippen LogP contribution in [-0.2, 0) is 4.57 Å². The molecule has 0 saturated carbocycles. The van der Waals surface area contributed by atoms with Gasteiger partial charge in [0.15, 0.2) is 7.14 Å². The van der Waals surface area contributed by atoms with Crippen LogP contribution in [0.3, 0.4) is 0 Å². The molecule has 6 rings (SSSR count). The van der Waals surface area contributed by atoms with Crippen molar-refractivity contribution in [1.29, 1.82) is 0 Å². The Balaban J connectivity index is 1.56. The van der Waals surface area contributed by atoms with Crippen LogP contribution in [0.4, 0.5) is 0 Å². The number of hydrogen-bond donors (Lipinski definition) is 0. The van der Waals surface area contributed by atoms with Gasteiger partial charge < -0.3 is 9.13 Å². The van der Waals surface area contributed by atoms with E-state index in [4.69, 9.17) is 4.98 Å². The molecule has 178 valence electrons. The third-order valence-electron chi connectivity index (χ3n) is 6.84. The van der Waals surface area contributed by atoms with Crippen molar-refractivity contribution in [3.63, 3.8) is 0 Å². The Morgan fingerprint density at radius 3 is 1.59 bits per heavy atom. The van der Waals surface area contributed by atoms with E-state index in [2.05, 4.69) is 54.1 Å². The number of hydrogen-bond acceptors (Lipinski definition) is 2. The number of nitrogens with zero attached hydrogens (tertiary/aromatic N) is 2. The number of fused-ring (bicyclic) bond motifs is 3. The largest absolute Gasteiger partial charge is 0.308 e. The first-order valence-electron chi connectivity index (χ1n) is 12.1. The van der Waals surface area contributed by atoms with Gasteiger partial charge in [-0.15, -0.1) is 0 Å². The van der Waals surface area contributed by atoms with Gasteiger partial charge in [0.25, 0.3) is 0 Å². The van der Waals surface area contributed by atoms with Crippen LogP contribution in [0.1, 0.15) is 11.1 Å². The Labute approximate surface area is 216 Å². The molecule has 0 fully saturated rings. The van der Waals surface area contributed by atoms with Gasteiger partial charge >= 0.3 is 0 Å². The summed E-state index contributed by atoms with van der Waals surface area (Å²) in [5.41, 5.74) is 5.76. The summed E-state index contributed by atoms with van der Waals surface area (Å²) in [7, 11) is -3.13. The highest BCUT2D eigenvalue weighted by molar-refractivity contribution is 7.85. The van der Waals surface area contributed by atoms with E-state index in [-0.39, 0.29) is 0 Å². The molecule has 0 aliphatic rings. The summed E-state index contributed by atoms with van der Waals surface area (Å²) in [6.45, 7) is 7.88. The van der Waals surface area contributed by atoms with E-state index in [0.717, 1.165) is 49.2 Å². The van der Waals surface area contributed by atoms with Crippen molar-refractivity contribution >= 4 is 57.1 Å². The minimum Gasteiger partial charge on any atom is -0.308 e. The minimum absolute atomic E-state index is 0.567. The molecule has 0 aliphatic heterocycles. The second-order valence-electron chi connectivity index (χ2n) is 8.95. The fourth-order valence-electron chi connectivity index (χ4n) is 4.98. The van der Waals surface area contributed by atoms with E-state index in [1.54, 1.807) is 0 Å². The molecule has 0 spiro atoms. The number of pyridine rings is 1. The topological polar surface area (TPSA) is 34.9 Å². The maximum absolute atomic E-state index is 14.7. The van der Waals surface area contributed by atoms with Gasteiger partial charge in [-0.1, -0.05) is 98.1 Å². The van der Waals surface area contributed by atoms with Gasteiger partial charge in [-0.05, 0) is 47.5 Å². The summed E-state index contributed by atoms with van der Waals surface area (Å²) in [5.74, 6) is 0. The molecule has 0 aliphatic carbocycles. The average molecular weight is 497 g/mol. The van der Waals surface area contributed by atoms with Crippen molar-refractivity contribution in [2.75, 3.05) is 0 Å². The SMILES string of the molecule is C=Cc1ccc2c(c1)c1cc(C=C)ccc1n2-c1ccc(P(=O)(c2ccccc2)c2ccccc2)nc1. The van der Waals surface area contributed by atoms with Crippen LogP contribution in [-0.4, -0.2) is 9.55 Å². The molecule has 0 unspecified atom stereocenters. The van der Waals surface area contributed by atoms with Gasteiger partial charge in [0.2, 0.25) is 0 Å². The molecule has 0 N–H and O–H groups in total. The summed E-state index contributed by atoms with van der Waals surface area (Å²) in [6.07, 6.45) is 5.55. The molecule has 37 heavy (non-hydrogen) atoms. The highest BCUT2D eigenvalue weighted by atomic mass is 31.2. The zero-order chi connectivity index (χ0) is 25.4. The van der Waals surface area contributed by atoms with Crippen molar-refractivity contribution < 1.29 is 4.57 Å². The Kier molecular flexibility index (Phi) is 5.71. The zero-order valence-electron chi connectivity index (χ0n) is 20.3. The molecule has 2 heterocycles. The highest BCUT2D eigenvalue weighted by Crippen LogP contribution is 2.42. The Bertz CT molecular complexity index is 1710. The fraction of sp³-hybridized carbons (Fsp3) is 0. The van der Waals surface area contributed by atoms with Gasteiger partial charge in [-0.2, -0.15) is 0 Å². The van der Waals surface area contributed by atoms with E-state index in [1.165, 1.54) is 0 Å². The Morgan fingerprint density at radius 1 is 0.649 bits per heavy atom. The van der Waals surface area contributed by atoms with E-state index in [1.807, 2.05) is 91.1 Å². The van der Waals surface area contributed by atoms with E-state index in [0.29, 0.717) is 5.44 Å². The van der Waals surface area contributed by atoms with Crippen LogP contribution in [0.5, 0.6) is 0 Å². The molecule has 0 saturated heterocycles. The predicted molar refractivity (Wildman–Crippen MR) is 158 cm³/mol. The lowest BCUT2D eigenvalue weighted by Gasteiger charge is -2.19. The lowest BCUT2D eigenvalue weighted by molar-refractivity contribution is 0.592. The molecule has 0 radical (unpaired) electrons. The van der Waals surface area contributed by atoms with Gasteiger partial charge in [0.05, 0.1) is 22.9 Å². The fourth-order valence-corrected chi connectivity index (χ4v) is 7.49. The third-order valence-corrected chi connectivity index (χ3v) is 9.80. The molecular weight excluding hydrogens is 471 g/mol. The predicted octanol–water partition coefficient (Wildman–Crippen LogP) is 7.10. The second kappa shape index (κ2) is 9.20. The first-order valence-corrected chi connectivity index (χ1v) is 13.9. The first-order chi connectivity index (χ1) is 18.1. The van der Waals surface area contributed by atoms with Crippen LogP contribution in [0.2, 0.25) is 0 Å². The Hall–Kier alpha value is -4.46. The van der Waals surface area contributed by atoms with Gasteiger partial charge in [0.1, 0.15) is 5.44 Å². The molecule has 3 nitrogen and oxygen atoms in total. The second-order valence-corrected chi connectivity index (χ2v) is 11.7. The monoisotopic (exact) mass is 496 g/mol. The van der Waals surface area contributed by atoms with Crippen LogP contribution < -0.4 is 16.0 Å². The highest BCUT2D eigenvalue weighted by Gasteiger charge is 2.31. The standard InChI is InChI=1S/C33H25N2OP/c1-3-24-15-18-31-29(21-24)30-22-25(4-2)16-19-32(30)35(31)26-17-20-33(34-23-26)37(36,27-11-7-5-8-12-27)28-13-9-6-10-14-28/h3-23H,1-2H2. The summed E-state index contributed by atoms with van der Waals surface area (Å²) in [6, 6.07) is 35.9. The smallest absolute Gasteiger partial charge is 0.188 e. The van der Waals surface area contributed by atoms with Crippen molar-refractivity contribution in [2.24, 2.45) is 0 Å². The number of aromatic nitrogens is 2. The lowest BCUT2D eigenvalue weighted by Crippen LogP contribution is -2.27. The molecular formula is C33H25N2OP. The third kappa shape index (κ3) is 3.76. The molecule has 4 heteroatoms. The summed E-state index contributed by atoms with van der Waals surface area (Å²) >= 11 is 0.